The van der Waals surface area contributed by atoms with Crippen LogP contribution in [0.15, 0.2) is 18.2 Å². The third kappa shape index (κ3) is 4.57. The molecule has 4 heteroatoms. The Balaban J connectivity index is 2.56. The molecular weight excluding hydrogens is 250 g/mol. The number of nitrogens with one attached hydrogen (secondary N) is 1. The third-order valence-corrected chi connectivity index (χ3v) is 3.07. The minimum absolute atomic E-state index is 0.0129. The van der Waals surface area contributed by atoms with Gasteiger partial charge in [0.15, 0.2) is 0 Å². The van der Waals surface area contributed by atoms with Crippen molar-refractivity contribution in [2.75, 3.05) is 0 Å². The van der Waals surface area contributed by atoms with Gasteiger partial charge in [0.2, 0.25) is 0 Å². The van der Waals surface area contributed by atoms with Crippen LogP contribution in [0.1, 0.15) is 44.0 Å². The topological polar surface area (TPSA) is 49.3 Å². The Kier molecular flexibility index (Phi) is 5.48. The molecule has 100 valence electrons. The number of benzene rings is 1. The summed E-state index contributed by atoms with van der Waals surface area (Å²) in [7, 11) is 0. The van der Waals surface area contributed by atoms with Crippen LogP contribution in [0.5, 0.6) is 5.75 Å². The third-order valence-electron chi connectivity index (χ3n) is 2.76. The number of halogens is 1. The lowest BCUT2D eigenvalue weighted by Crippen LogP contribution is -2.32. The summed E-state index contributed by atoms with van der Waals surface area (Å²) in [4.78, 5) is 11.9. The molecule has 0 fully saturated rings. The van der Waals surface area contributed by atoms with Crippen molar-refractivity contribution in [1.82, 2.24) is 5.32 Å². The molecule has 0 aliphatic carbocycles. The van der Waals surface area contributed by atoms with Gasteiger partial charge in [-0.1, -0.05) is 25.4 Å². The molecule has 3 nitrogen and oxygen atoms in total. The lowest BCUT2D eigenvalue weighted by molar-refractivity contribution is 0.0937. The first-order chi connectivity index (χ1) is 8.40. The van der Waals surface area contributed by atoms with E-state index >= 15 is 0 Å². The van der Waals surface area contributed by atoms with Crippen LogP contribution in [0.2, 0.25) is 5.02 Å². The number of carbonyl (C=O) groups is 1. The van der Waals surface area contributed by atoms with Crippen LogP contribution in [0, 0.1) is 5.92 Å². The lowest BCUT2D eigenvalue weighted by Gasteiger charge is -2.15. The summed E-state index contributed by atoms with van der Waals surface area (Å²) in [5.41, 5.74) is 0.467. The number of phenols is 1. The van der Waals surface area contributed by atoms with Crippen LogP contribution >= 0.6 is 11.6 Å². The van der Waals surface area contributed by atoms with Gasteiger partial charge in [-0.05, 0) is 43.9 Å². The zero-order valence-electron chi connectivity index (χ0n) is 11.0. The predicted molar refractivity (Wildman–Crippen MR) is 74.1 cm³/mol. The van der Waals surface area contributed by atoms with Gasteiger partial charge in [0.05, 0.1) is 5.02 Å². The van der Waals surface area contributed by atoms with Gasteiger partial charge in [-0.3, -0.25) is 4.79 Å². The first-order valence-electron chi connectivity index (χ1n) is 6.19. The van der Waals surface area contributed by atoms with E-state index in [0.717, 1.165) is 12.8 Å². The highest BCUT2D eigenvalue weighted by Crippen LogP contribution is 2.23. The maximum Gasteiger partial charge on any atom is 0.251 e. The monoisotopic (exact) mass is 269 g/mol. The Morgan fingerprint density at radius 3 is 2.56 bits per heavy atom. The summed E-state index contributed by atoms with van der Waals surface area (Å²) < 4.78 is 0. The van der Waals surface area contributed by atoms with Crippen molar-refractivity contribution in [2.45, 2.75) is 39.7 Å². The Bertz CT molecular complexity index is 418. The molecule has 0 aromatic heterocycles. The van der Waals surface area contributed by atoms with E-state index in [2.05, 4.69) is 19.2 Å². The van der Waals surface area contributed by atoms with Gasteiger partial charge in [-0.2, -0.15) is 0 Å². The van der Waals surface area contributed by atoms with E-state index in [1.54, 1.807) is 6.07 Å². The Morgan fingerprint density at radius 2 is 2.00 bits per heavy atom. The molecule has 0 heterocycles. The van der Waals surface area contributed by atoms with Gasteiger partial charge < -0.3 is 10.4 Å². The molecule has 18 heavy (non-hydrogen) atoms. The number of amides is 1. The normalized spacial score (nSPS) is 12.5. The maximum absolute atomic E-state index is 11.9. The van der Waals surface area contributed by atoms with E-state index in [1.807, 2.05) is 6.92 Å². The van der Waals surface area contributed by atoms with E-state index in [0.29, 0.717) is 11.5 Å². The second-order valence-electron chi connectivity index (χ2n) is 5.01. The molecule has 0 saturated carbocycles. The van der Waals surface area contributed by atoms with E-state index in [4.69, 9.17) is 11.6 Å². The summed E-state index contributed by atoms with van der Waals surface area (Å²) in [6.45, 7) is 6.31. The number of hydrogen-bond acceptors (Lipinski definition) is 2. The average molecular weight is 270 g/mol. The number of hydrogen-bond donors (Lipinski definition) is 2. The van der Waals surface area contributed by atoms with Crippen LogP contribution < -0.4 is 5.32 Å². The smallest absolute Gasteiger partial charge is 0.251 e. The highest BCUT2D eigenvalue weighted by Gasteiger charge is 2.11. The fraction of sp³-hybridized carbons (Fsp3) is 0.500. The van der Waals surface area contributed by atoms with Crippen LogP contribution in [-0.2, 0) is 0 Å². The lowest BCUT2D eigenvalue weighted by atomic mass is 10.0. The van der Waals surface area contributed by atoms with Gasteiger partial charge in [-0.15, -0.1) is 0 Å². The van der Waals surface area contributed by atoms with Crippen molar-refractivity contribution in [3.05, 3.63) is 28.8 Å². The van der Waals surface area contributed by atoms with Crippen LogP contribution in [0.25, 0.3) is 0 Å². The molecule has 0 radical (unpaired) electrons. The molecule has 2 N–H and O–H groups in total. The zero-order chi connectivity index (χ0) is 13.7. The Hall–Kier alpha value is -1.22. The number of rotatable bonds is 5. The van der Waals surface area contributed by atoms with Gasteiger partial charge in [0, 0.05) is 11.6 Å². The summed E-state index contributed by atoms with van der Waals surface area (Å²) in [5.74, 6) is 0.460. The molecule has 0 aliphatic heterocycles. The molecule has 0 aliphatic rings. The zero-order valence-corrected chi connectivity index (χ0v) is 11.8. The van der Waals surface area contributed by atoms with Crippen molar-refractivity contribution in [3.8, 4) is 5.75 Å². The van der Waals surface area contributed by atoms with Gasteiger partial charge in [0.1, 0.15) is 5.75 Å². The van der Waals surface area contributed by atoms with E-state index in [9.17, 15) is 9.90 Å². The van der Waals surface area contributed by atoms with Gasteiger partial charge >= 0.3 is 0 Å². The molecule has 1 aromatic rings. The van der Waals surface area contributed by atoms with Gasteiger partial charge in [0.25, 0.3) is 5.91 Å². The van der Waals surface area contributed by atoms with Crippen molar-refractivity contribution >= 4 is 17.5 Å². The minimum atomic E-state index is -0.159. The van der Waals surface area contributed by atoms with E-state index in [1.165, 1.54) is 12.1 Å². The summed E-state index contributed by atoms with van der Waals surface area (Å²) in [5, 5.41) is 12.4. The minimum Gasteiger partial charge on any atom is -0.506 e. The molecule has 1 rings (SSSR count). The molecule has 1 amide bonds. The second kappa shape index (κ2) is 6.64. The molecule has 1 atom stereocenters. The van der Waals surface area contributed by atoms with Crippen molar-refractivity contribution in [3.63, 3.8) is 0 Å². The maximum atomic E-state index is 11.9. The predicted octanol–water partition coefficient (Wildman–Crippen LogP) is 3.60. The molecule has 0 unspecified atom stereocenters. The molecule has 0 spiro atoms. The highest BCUT2D eigenvalue weighted by atomic mass is 35.5. The standard InChI is InChI=1S/C14H20ClNO2/c1-9(2)4-5-10(3)16-14(18)11-6-7-13(17)12(15)8-11/h6-10,17H,4-5H2,1-3H3,(H,16,18)/t10-/m0/s1. The van der Waals surface area contributed by atoms with E-state index < -0.39 is 0 Å². The number of phenolic OH excluding ortho intramolecular Hbond substituents is 1. The van der Waals surface area contributed by atoms with Crippen molar-refractivity contribution in [2.24, 2.45) is 5.92 Å². The summed E-state index contributed by atoms with van der Waals surface area (Å²) in [6.07, 6.45) is 2.03. The summed E-state index contributed by atoms with van der Waals surface area (Å²) >= 11 is 5.77. The van der Waals surface area contributed by atoms with E-state index in [-0.39, 0.29) is 22.7 Å². The molecule has 0 bridgehead atoms. The molecule has 0 saturated heterocycles. The number of aromatic hydroxyl groups is 1. The second-order valence-corrected chi connectivity index (χ2v) is 5.42. The summed E-state index contributed by atoms with van der Waals surface area (Å²) in [6, 6.07) is 4.59. The number of carbonyl (C=O) groups excluding carboxylic acids is 1. The SMILES string of the molecule is CC(C)CC[C@H](C)NC(=O)c1ccc(O)c(Cl)c1. The van der Waals surface area contributed by atoms with Crippen LogP contribution in [0.4, 0.5) is 0 Å². The van der Waals surface area contributed by atoms with Crippen LogP contribution in [0.3, 0.4) is 0 Å². The first-order valence-corrected chi connectivity index (χ1v) is 6.57. The molecule has 1 aromatic carbocycles. The van der Waals surface area contributed by atoms with Crippen molar-refractivity contribution < 1.29 is 9.90 Å². The fourth-order valence-corrected chi connectivity index (χ4v) is 1.79. The highest BCUT2D eigenvalue weighted by molar-refractivity contribution is 6.32. The Morgan fingerprint density at radius 1 is 1.33 bits per heavy atom. The van der Waals surface area contributed by atoms with Crippen LogP contribution in [-0.4, -0.2) is 17.1 Å². The quantitative estimate of drug-likeness (QED) is 0.858. The van der Waals surface area contributed by atoms with Crippen molar-refractivity contribution in [1.29, 1.82) is 0 Å². The Labute approximate surface area is 113 Å². The fourth-order valence-electron chi connectivity index (χ4n) is 1.61. The van der Waals surface area contributed by atoms with Gasteiger partial charge in [-0.25, -0.2) is 0 Å². The largest absolute Gasteiger partial charge is 0.506 e. The average Bonchev–Trinajstić information content (AvgIpc) is 2.30. The first kappa shape index (κ1) is 14.8. The molecular formula is C14H20ClNO2.